The normalized spacial score (nSPS) is 17.5. The van der Waals surface area contributed by atoms with Gasteiger partial charge in [-0.05, 0) is 30.5 Å². The van der Waals surface area contributed by atoms with Crippen molar-refractivity contribution in [3.63, 3.8) is 0 Å². The number of likely N-dealkylation sites (tertiary alicyclic amines) is 1. The monoisotopic (exact) mass is 334 g/mol. The molecule has 0 unspecified atom stereocenters. The van der Waals surface area contributed by atoms with Crippen LogP contribution in [0, 0.1) is 0 Å². The van der Waals surface area contributed by atoms with Crippen molar-refractivity contribution < 1.29 is 14.1 Å². The molecule has 1 aliphatic rings. The Morgan fingerprint density at radius 3 is 3.09 bits per heavy atom. The molecule has 1 atom stereocenters. The number of aryl methyl sites for hydroxylation is 1. The lowest BCUT2D eigenvalue weighted by Gasteiger charge is -2.25. The second-order valence-electron chi connectivity index (χ2n) is 5.64. The summed E-state index contributed by atoms with van der Waals surface area (Å²) in [7, 11) is 1.65. The molecule has 5 nitrogen and oxygen atoms in total. The second kappa shape index (κ2) is 7.04. The quantitative estimate of drug-likeness (QED) is 0.837. The summed E-state index contributed by atoms with van der Waals surface area (Å²) in [6.45, 7) is 0.790. The average Bonchev–Trinajstić information content (AvgIpc) is 3.21. The van der Waals surface area contributed by atoms with Gasteiger partial charge in [0.25, 0.3) is 0 Å². The van der Waals surface area contributed by atoms with Crippen molar-refractivity contribution in [1.29, 1.82) is 0 Å². The zero-order chi connectivity index (χ0) is 16.2. The Balaban J connectivity index is 1.66. The van der Waals surface area contributed by atoms with Gasteiger partial charge >= 0.3 is 0 Å². The number of rotatable bonds is 5. The number of benzene rings is 1. The minimum Gasteiger partial charge on any atom is -0.497 e. The number of hydrogen-bond donors (Lipinski definition) is 0. The van der Waals surface area contributed by atoms with E-state index in [0.29, 0.717) is 23.8 Å². The van der Waals surface area contributed by atoms with Gasteiger partial charge in [-0.3, -0.25) is 4.79 Å². The number of amides is 1. The van der Waals surface area contributed by atoms with Crippen LogP contribution in [0.1, 0.15) is 36.6 Å². The number of hydrogen-bond acceptors (Lipinski definition) is 4. The van der Waals surface area contributed by atoms with Gasteiger partial charge in [0, 0.05) is 25.5 Å². The predicted octanol–water partition coefficient (Wildman–Crippen LogP) is 3.63. The van der Waals surface area contributed by atoms with E-state index in [0.717, 1.165) is 30.7 Å². The summed E-state index contributed by atoms with van der Waals surface area (Å²) < 4.78 is 10.3. The van der Waals surface area contributed by atoms with Crippen LogP contribution < -0.4 is 4.74 Å². The van der Waals surface area contributed by atoms with Gasteiger partial charge in [0.2, 0.25) is 5.91 Å². The Bertz CT molecular complexity index is 686. The first kappa shape index (κ1) is 15.9. The minimum atomic E-state index is 0.121. The summed E-state index contributed by atoms with van der Waals surface area (Å²) in [5.41, 5.74) is 1.12. The van der Waals surface area contributed by atoms with Crippen molar-refractivity contribution in [2.45, 2.75) is 31.7 Å². The number of carbonyl (C=O) groups is 1. The number of aromatic nitrogens is 1. The molecular formula is C17H19ClN2O3. The van der Waals surface area contributed by atoms with Crippen LogP contribution in [0.5, 0.6) is 5.75 Å². The Labute approximate surface area is 140 Å². The lowest BCUT2D eigenvalue weighted by molar-refractivity contribution is -0.132. The average molecular weight is 335 g/mol. The van der Waals surface area contributed by atoms with Crippen molar-refractivity contribution in [2.75, 3.05) is 13.7 Å². The Kier molecular flexibility index (Phi) is 4.86. The molecule has 3 rings (SSSR count). The molecule has 1 amide bonds. The molecule has 0 saturated carbocycles. The van der Waals surface area contributed by atoms with Crippen LogP contribution in [0.4, 0.5) is 0 Å². The molecule has 1 fully saturated rings. The SMILES string of the molecule is COc1cccc([C@@H]2CCCN2C(=O)CCc2cc(Cl)no2)c1. The van der Waals surface area contributed by atoms with Crippen LogP contribution in [0.25, 0.3) is 0 Å². The molecule has 6 heteroatoms. The van der Waals surface area contributed by atoms with E-state index in [9.17, 15) is 4.79 Å². The van der Waals surface area contributed by atoms with Gasteiger partial charge < -0.3 is 14.2 Å². The lowest BCUT2D eigenvalue weighted by atomic mass is 10.0. The molecule has 0 bridgehead atoms. The fourth-order valence-electron chi connectivity index (χ4n) is 3.04. The highest BCUT2D eigenvalue weighted by Crippen LogP contribution is 2.34. The Hall–Kier alpha value is -2.01. The zero-order valence-corrected chi connectivity index (χ0v) is 13.8. The molecule has 1 saturated heterocycles. The van der Waals surface area contributed by atoms with Crippen LogP contribution >= 0.6 is 11.6 Å². The third-order valence-electron chi connectivity index (χ3n) is 4.17. The van der Waals surface area contributed by atoms with Crippen molar-refractivity contribution in [2.24, 2.45) is 0 Å². The maximum absolute atomic E-state index is 12.6. The molecule has 2 aromatic rings. The first-order valence-electron chi connectivity index (χ1n) is 7.72. The van der Waals surface area contributed by atoms with Crippen LogP contribution in [-0.2, 0) is 11.2 Å². The standard InChI is InChI=1S/C17H19ClN2O3/c1-22-13-5-2-4-12(10-13)15-6-3-9-20(15)17(21)8-7-14-11-16(18)19-23-14/h2,4-5,10-11,15H,3,6-9H2,1H3/t15-/m0/s1. The summed E-state index contributed by atoms with van der Waals surface area (Å²) in [5, 5.41) is 3.95. The highest BCUT2D eigenvalue weighted by molar-refractivity contribution is 6.29. The van der Waals surface area contributed by atoms with E-state index < -0.39 is 0 Å². The topological polar surface area (TPSA) is 55.6 Å². The van der Waals surface area contributed by atoms with Gasteiger partial charge in [-0.2, -0.15) is 0 Å². The summed E-state index contributed by atoms with van der Waals surface area (Å²) in [5.74, 6) is 1.58. The van der Waals surface area contributed by atoms with E-state index in [1.165, 1.54) is 0 Å². The fraction of sp³-hybridized carbons (Fsp3) is 0.412. The van der Waals surface area contributed by atoms with Gasteiger partial charge in [-0.1, -0.05) is 28.9 Å². The van der Waals surface area contributed by atoms with Gasteiger partial charge in [0.15, 0.2) is 5.15 Å². The maximum Gasteiger partial charge on any atom is 0.223 e. The van der Waals surface area contributed by atoms with E-state index in [1.54, 1.807) is 13.2 Å². The van der Waals surface area contributed by atoms with Gasteiger partial charge in [-0.15, -0.1) is 0 Å². The highest BCUT2D eigenvalue weighted by atomic mass is 35.5. The van der Waals surface area contributed by atoms with Gasteiger partial charge in [0.1, 0.15) is 11.5 Å². The third-order valence-corrected chi connectivity index (χ3v) is 4.35. The molecule has 0 aliphatic carbocycles. The lowest BCUT2D eigenvalue weighted by Crippen LogP contribution is -2.30. The van der Waals surface area contributed by atoms with Crippen LogP contribution in [0.3, 0.4) is 0 Å². The molecular weight excluding hydrogens is 316 g/mol. The Morgan fingerprint density at radius 1 is 1.48 bits per heavy atom. The molecule has 0 N–H and O–H groups in total. The zero-order valence-electron chi connectivity index (χ0n) is 13.0. The van der Waals surface area contributed by atoms with Crippen molar-refractivity contribution >= 4 is 17.5 Å². The van der Waals surface area contributed by atoms with Crippen molar-refractivity contribution in [1.82, 2.24) is 10.1 Å². The number of methoxy groups -OCH3 is 1. The maximum atomic E-state index is 12.6. The molecule has 2 heterocycles. The van der Waals surface area contributed by atoms with Crippen molar-refractivity contribution in [3.8, 4) is 5.75 Å². The predicted molar refractivity (Wildman–Crippen MR) is 86.5 cm³/mol. The molecule has 0 radical (unpaired) electrons. The second-order valence-corrected chi connectivity index (χ2v) is 6.02. The van der Waals surface area contributed by atoms with E-state index in [1.807, 2.05) is 23.1 Å². The van der Waals surface area contributed by atoms with E-state index in [2.05, 4.69) is 11.2 Å². The van der Waals surface area contributed by atoms with Gasteiger partial charge in [0.05, 0.1) is 13.2 Å². The number of carbonyl (C=O) groups excluding carboxylic acids is 1. The van der Waals surface area contributed by atoms with Crippen LogP contribution in [-0.4, -0.2) is 29.6 Å². The number of nitrogens with zero attached hydrogens (tertiary/aromatic N) is 2. The summed E-state index contributed by atoms with van der Waals surface area (Å²) in [6, 6.07) is 9.71. The molecule has 1 aromatic carbocycles. The summed E-state index contributed by atoms with van der Waals surface area (Å²) >= 11 is 5.72. The molecule has 23 heavy (non-hydrogen) atoms. The molecule has 1 aromatic heterocycles. The van der Waals surface area contributed by atoms with Crippen molar-refractivity contribution in [3.05, 3.63) is 46.8 Å². The first-order valence-corrected chi connectivity index (χ1v) is 8.09. The minimum absolute atomic E-state index is 0.121. The van der Waals surface area contributed by atoms with E-state index in [-0.39, 0.29) is 11.9 Å². The number of halogens is 1. The first-order chi connectivity index (χ1) is 11.2. The summed E-state index contributed by atoms with van der Waals surface area (Å²) in [6.07, 6.45) is 2.90. The fourth-order valence-corrected chi connectivity index (χ4v) is 3.20. The van der Waals surface area contributed by atoms with E-state index >= 15 is 0 Å². The molecule has 0 spiro atoms. The Morgan fingerprint density at radius 2 is 2.35 bits per heavy atom. The molecule has 1 aliphatic heterocycles. The highest BCUT2D eigenvalue weighted by Gasteiger charge is 2.29. The number of ether oxygens (including phenoxy) is 1. The van der Waals surface area contributed by atoms with E-state index in [4.69, 9.17) is 20.9 Å². The third kappa shape index (κ3) is 3.67. The molecule has 122 valence electrons. The smallest absolute Gasteiger partial charge is 0.223 e. The van der Waals surface area contributed by atoms with Crippen LogP contribution in [0.15, 0.2) is 34.9 Å². The largest absolute Gasteiger partial charge is 0.497 e. The summed E-state index contributed by atoms with van der Waals surface area (Å²) in [4.78, 5) is 14.5. The van der Waals surface area contributed by atoms with Crippen LogP contribution in [0.2, 0.25) is 5.15 Å². The van der Waals surface area contributed by atoms with Gasteiger partial charge in [-0.25, -0.2) is 0 Å².